The summed E-state index contributed by atoms with van der Waals surface area (Å²) in [6.07, 6.45) is -4.42. The molecule has 2 aromatic rings. The van der Waals surface area contributed by atoms with Crippen molar-refractivity contribution in [3.05, 3.63) is 23.8 Å². The predicted octanol–water partition coefficient (Wildman–Crippen LogP) is -5.92. The van der Waals surface area contributed by atoms with E-state index in [-0.39, 0.29) is 27.2 Å². The van der Waals surface area contributed by atoms with E-state index in [4.69, 9.17) is 5.73 Å². The summed E-state index contributed by atoms with van der Waals surface area (Å²) in [5.74, 6) is -12.1. The van der Waals surface area contributed by atoms with Crippen LogP contribution in [0.4, 0.5) is 0 Å². The number of nitrogens with one attached hydrogen (secondary N) is 8. The molecule has 5 rings (SSSR count). The monoisotopic (exact) mass is 918 g/mol. The SMILES string of the molecule is CC[C@H](C)[C@@H]1NC(=O)CNC(=O)[C@H]2Cc3c([nH]c4cc(O)ccc34)[S@](=O)C[C@@H](NC(=O)CNC1=O)C(=O)N[C@H](CC(N)=O)C(=O)N1C[C@H](O)C[C@@H]1C(=O)N[C@H]([C@H](C)[C@H](O)CO)C(=O)N2. The third-order valence-electron chi connectivity index (χ3n) is 11.5. The summed E-state index contributed by atoms with van der Waals surface area (Å²) in [6.45, 7) is 1.76. The standard InChI is InChI=1S/C39H54N10O14S/c1-4-16(2)31-36(60)42-11-29(55)43-25-15-64(63)38-21(20-6-5-18(51)7-22(20)46-38)9-23(33(57)41-12-30(56)47-31)44-37(61)32(17(3)27(53)14-50)48-35(59)26-8-19(52)13-49(26)39(62)24(10-28(40)54)45-34(25)58/h5-7,16-17,19,23-27,31-32,46,50-53H,4,8-15H2,1-3H3,(H2,40,54)(H,41,57)(H,42,60)(H,43,55)(H,44,61)(H,45,58)(H,47,56)(H,48,59)/t16-,17+,19+,23+,24+,25+,26+,27+,31-,32+,64+/m0/s1. The van der Waals surface area contributed by atoms with E-state index in [1.807, 2.05) is 0 Å². The Bertz CT molecular complexity index is 2200. The quantitative estimate of drug-likeness (QED) is 0.123. The number of H-pyrrole nitrogens is 1. The van der Waals surface area contributed by atoms with Gasteiger partial charge in [0.15, 0.2) is 0 Å². The van der Waals surface area contributed by atoms with Crippen molar-refractivity contribution in [3.8, 4) is 5.75 Å². The third kappa shape index (κ3) is 11.5. The molecule has 0 radical (unpaired) electrons. The molecule has 1 aromatic heterocycles. The van der Waals surface area contributed by atoms with Gasteiger partial charge in [0.05, 0.1) is 60.4 Å². The number of primary amides is 1. The molecule has 1 saturated heterocycles. The van der Waals surface area contributed by atoms with Gasteiger partial charge in [0, 0.05) is 36.8 Å². The number of benzene rings is 1. The van der Waals surface area contributed by atoms with E-state index in [1.165, 1.54) is 25.1 Å². The lowest BCUT2D eigenvalue weighted by molar-refractivity contribution is -0.144. The molecular formula is C39H54N10O14S. The number of aromatic amines is 1. The fraction of sp³-hybridized carbons (Fsp3) is 0.564. The fourth-order valence-corrected chi connectivity index (χ4v) is 9.10. The number of phenolic OH excluding ortho intramolecular Hbond substituents is 1. The smallest absolute Gasteiger partial charge is 0.246 e. The molecule has 24 nitrogen and oxygen atoms in total. The number of hydrogen-bond acceptors (Lipinski definition) is 14. The molecule has 2 bridgehead atoms. The van der Waals surface area contributed by atoms with Crippen molar-refractivity contribution in [1.29, 1.82) is 0 Å². The number of carbonyl (C=O) groups is 9. The van der Waals surface area contributed by atoms with Crippen LogP contribution in [0.15, 0.2) is 23.2 Å². The minimum Gasteiger partial charge on any atom is -0.508 e. The van der Waals surface area contributed by atoms with Gasteiger partial charge in [-0.2, -0.15) is 0 Å². The van der Waals surface area contributed by atoms with Crippen molar-refractivity contribution < 1.29 is 67.8 Å². The van der Waals surface area contributed by atoms with Gasteiger partial charge in [0.2, 0.25) is 53.2 Å². The molecule has 3 aliphatic heterocycles. The van der Waals surface area contributed by atoms with Gasteiger partial charge in [0.1, 0.15) is 47.0 Å². The molecule has 64 heavy (non-hydrogen) atoms. The molecular weight excluding hydrogens is 865 g/mol. The Balaban J connectivity index is 1.73. The number of fused-ring (bicyclic) bond motifs is 5. The number of hydrogen-bond donors (Lipinski definition) is 13. The van der Waals surface area contributed by atoms with Gasteiger partial charge in [-0.25, -0.2) is 0 Å². The van der Waals surface area contributed by atoms with Crippen molar-refractivity contribution in [3.63, 3.8) is 0 Å². The summed E-state index contributed by atoms with van der Waals surface area (Å²) in [5.41, 5.74) is 5.73. The maximum atomic E-state index is 14.6. The molecule has 0 aliphatic carbocycles. The van der Waals surface area contributed by atoms with Gasteiger partial charge in [-0.15, -0.1) is 0 Å². The zero-order valence-corrected chi connectivity index (χ0v) is 36.0. The zero-order valence-electron chi connectivity index (χ0n) is 35.2. The second-order valence-corrected chi connectivity index (χ2v) is 17.6. The van der Waals surface area contributed by atoms with Crippen LogP contribution < -0.4 is 43.0 Å². The average Bonchev–Trinajstić information content (AvgIpc) is 3.82. The molecule has 4 heterocycles. The first-order valence-corrected chi connectivity index (χ1v) is 21.9. The molecule has 0 unspecified atom stereocenters. The number of carbonyl (C=O) groups excluding carboxylic acids is 9. The molecule has 14 N–H and O–H groups in total. The number of aromatic hydroxyl groups is 1. The molecule has 11 atom stereocenters. The third-order valence-corrected chi connectivity index (χ3v) is 13.0. The Morgan fingerprint density at radius 2 is 1.55 bits per heavy atom. The van der Waals surface area contributed by atoms with Gasteiger partial charge < -0.3 is 73.3 Å². The number of amides is 9. The fourth-order valence-electron chi connectivity index (χ4n) is 7.70. The Hall–Kier alpha value is -6.18. The summed E-state index contributed by atoms with van der Waals surface area (Å²) >= 11 is 0. The van der Waals surface area contributed by atoms with Gasteiger partial charge >= 0.3 is 0 Å². The molecule has 0 spiro atoms. The summed E-state index contributed by atoms with van der Waals surface area (Å²) in [6, 6.07) is -5.99. The summed E-state index contributed by atoms with van der Waals surface area (Å²) < 4.78 is 14.6. The molecule has 25 heteroatoms. The average molecular weight is 919 g/mol. The lowest BCUT2D eigenvalue weighted by Crippen LogP contribution is -2.62. The van der Waals surface area contributed by atoms with Crippen LogP contribution in [0.3, 0.4) is 0 Å². The van der Waals surface area contributed by atoms with E-state index in [0.29, 0.717) is 6.42 Å². The van der Waals surface area contributed by atoms with Crippen molar-refractivity contribution >= 4 is 74.9 Å². The minimum atomic E-state index is -2.38. The number of phenols is 1. The molecule has 1 aromatic carbocycles. The van der Waals surface area contributed by atoms with Crippen molar-refractivity contribution in [1.82, 2.24) is 47.1 Å². The number of aromatic nitrogens is 1. The zero-order chi connectivity index (χ0) is 47.2. The lowest BCUT2D eigenvalue weighted by atomic mass is 9.93. The van der Waals surface area contributed by atoms with Crippen molar-refractivity contribution in [2.45, 2.75) is 99.9 Å². The topological polar surface area (TPSA) is 381 Å². The molecule has 3 aliphatic rings. The summed E-state index contributed by atoms with van der Waals surface area (Å²) in [7, 11) is -2.38. The number of aliphatic hydroxyl groups excluding tert-OH is 3. The maximum absolute atomic E-state index is 14.6. The van der Waals surface area contributed by atoms with Crippen molar-refractivity contribution in [2.75, 3.05) is 32.0 Å². The molecule has 1 fully saturated rings. The minimum absolute atomic E-state index is 0.0800. The Morgan fingerprint density at radius 3 is 2.20 bits per heavy atom. The first kappa shape index (κ1) is 48.8. The predicted molar refractivity (Wildman–Crippen MR) is 222 cm³/mol. The van der Waals surface area contributed by atoms with Crippen LogP contribution in [0.2, 0.25) is 0 Å². The van der Waals surface area contributed by atoms with Crippen LogP contribution >= 0.6 is 0 Å². The molecule has 0 saturated carbocycles. The second kappa shape index (κ2) is 21.0. The first-order valence-electron chi connectivity index (χ1n) is 20.6. The number of nitrogens with two attached hydrogens (primary N) is 1. The first-order chi connectivity index (χ1) is 30.2. The van der Waals surface area contributed by atoms with Crippen LogP contribution in [-0.2, 0) is 60.4 Å². The van der Waals surface area contributed by atoms with Crippen LogP contribution in [0.25, 0.3) is 10.9 Å². The molecule has 9 amide bonds. The Labute approximate surface area is 368 Å². The normalized spacial score (nSPS) is 28.5. The Morgan fingerprint density at radius 1 is 0.875 bits per heavy atom. The second-order valence-electron chi connectivity index (χ2n) is 16.1. The highest BCUT2D eigenvalue weighted by Gasteiger charge is 2.45. The van der Waals surface area contributed by atoms with Crippen LogP contribution in [-0.4, -0.2) is 168 Å². The number of nitrogens with zero attached hydrogens (tertiary/aromatic N) is 1. The maximum Gasteiger partial charge on any atom is 0.246 e. The van der Waals surface area contributed by atoms with Gasteiger partial charge in [-0.1, -0.05) is 27.2 Å². The Kier molecular flexibility index (Phi) is 16.0. The highest BCUT2D eigenvalue weighted by molar-refractivity contribution is 7.85. The van der Waals surface area contributed by atoms with Gasteiger partial charge in [0.25, 0.3) is 0 Å². The van der Waals surface area contributed by atoms with E-state index in [9.17, 15) is 67.8 Å². The van der Waals surface area contributed by atoms with E-state index in [1.54, 1.807) is 13.8 Å². The lowest BCUT2D eigenvalue weighted by Gasteiger charge is -2.32. The van der Waals surface area contributed by atoms with E-state index in [0.717, 1.165) is 4.90 Å². The largest absolute Gasteiger partial charge is 0.508 e. The van der Waals surface area contributed by atoms with Crippen LogP contribution in [0.5, 0.6) is 5.75 Å². The summed E-state index contributed by atoms with van der Waals surface area (Å²) in [4.78, 5) is 127. The van der Waals surface area contributed by atoms with Gasteiger partial charge in [-0.05, 0) is 23.6 Å². The molecule has 350 valence electrons. The van der Waals surface area contributed by atoms with Crippen LogP contribution in [0, 0.1) is 11.8 Å². The van der Waals surface area contributed by atoms with E-state index >= 15 is 0 Å². The van der Waals surface area contributed by atoms with E-state index < -0.39 is 176 Å². The number of aliphatic hydroxyl groups is 3. The summed E-state index contributed by atoms with van der Waals surface area (Å²) in [5, 5.41) is 58.8. The highest BCUT2D eigenvalue weighted by Crippen LogP contribution is 2.30. The number of rotatable bonds is 7. The van der Waals surface area contributed by atoms with Gasteiger partial charge in [-0.3, -0.25) is 47.4 Å². The van der Waals surface area contributed by atoms with Crippen LogP contribution in [0.1, 0.15) is 45.6 Å². The van der Waals surface area contributed by atoms with E-state index in [2.05, 4.69) is 42.2 Å². The highest BCUT2D eigenvalue weighted by atomic mass is 32.2. The van der Waals surface area contributed by atoms with Crippen molar-refractivity contribution in [2.24, 2.45) is 17.6 Å².